The number of thiophene rings is 1. The van der Waals surface area contributed by atoms with E-state index in [1.54, 1.807) is 47.6 Å². The van der Waals surface area contributed by atoms with E-state index in [-0.39, 0.29) is 31.7 Å². The van der Waals surface area contributed by atoms with Gasteiger partial charge in [0.25, 0.3) is 0 Å². The summed E-state index contributed by atoms with van der Waals surface area (Å²) in [6, 6.07) is 11.2. The van der Waals surface area contributed by atoms with Crippen molar-refractivity contribution in [3.63, 3.8) is 0 Å². The monoisotopic (exact) mass is 565 g/mol. The van der Waals surface area contributed by atoms with Gasteiger partial charge in [0, 0.05) is 22.8 Å². The van der Waals surface area contributed by atoms with Gasteiger partial charge in [-0.2, -0.15) is 0 Å². The van der Waals surface area contributed by atoms with Crippen molar-refractivity contribution in [2.45, 2.75) is 77.3 Å². The standard InChI is InChI=1S/C28H39NO7S2/c1-8-34-21-11-9-20(10-12-21)22-13-14-23(37-22)28(19-24(30)35-26(2,3)4)15-16-29(17-18-38(28,32)33)25(31)36-27(5,6)7/h9-14H,8,15-19H2,1-7H3. The number of hydrogen-bond donors (Lipinski definition) is 0. The number of hydrogen-bond acceptors (Lipinski definition) is 8. The van der Waals surface area contributed by atoms with E-state index in [4.69, 9.17) is 14.2 Å². The minimum atomic E-state index is -3.88. The molecule has 210 valence electrons. The molecule has 1 saturated heterocycles. The molecule has 1 aromatic heterocycles. The first-order valence-electron chi connectivity index (χ1n) is 12.8. The smallest absolute Gasteiger partial charge is 0.410 e. The highest BCUT2D eigenvalue weighted by Crippen LogP contribution is 2.46. The van der Waals surface area contributed by atoms with Gasteiger partial charge in [-0.15, -0.1) is 11.3 Å². The summed E-state index contributed by atoms with van der Waals surface area (Å²) in [7, 11) is -3.88. The summed E-state index contributed by atoms with van der Waals surface area (Å²) >= 11 is 1.34. The Hall–Kier alpha value is -2.59. The predicted molar refractivity (Wildman–Crippen MR) is 149 cm³/mol. The maximum atomic E-state index is 13.9. The molecule has 1 aliphatic rings. The first kappa shape index (κ1) is 30.0. The number of carbonyl (C=O) groups excluding carboxylic acids is 2. The van der Waals surface area contributed by atoms with Gasteiger partial charge in [0.1, 0.15) is 21.7 Å². The van der Waals surface area contributed by atoms with Crippen molar-refractivity contribution in [1.29, 1.82) is 0 Å². The van der Waals surface area contributed by atoms with Crippen LogP contribution in [0.4, 0.5) is 4.79 Å². The Labute approximate surface area is 230 Å². The van der Waals surface area contributed by atoms with E-state index in [0.29, 0.717) is 11.5 Å². The lowest BCUT2D eigenvalue weighted by Crippen LogP contribution is -2.40. The van der Waals surface area contributed by atoms with Gasteiger partial charge in [-0.05, 0) is 96.8 Å². The molecule has 0 bridgehead atoms. The Bertz CT molecular complexity index is 1240. The topological polar surface area (TPSA) is 99.2 Å². The second kappa shape index (κ2) is 11.3. The molecule has 1 fully saturated rings. The highest BCUT2D eigenvalue weighted by molar-refractivity contribution is 7.92. The molecule has 1 atom stereocenters. The average Bonchev–Trinajstić information content (AvgIpc) is 3.22. The van der Waals surface area contributed by atoms with Crippen molar-refractivity contribution in [2.75, 3.05) is 25.4 Å². The van der Waals surface area contributed by atoms with Gasteiger partial charge in [0.05, 0.1) is 18.8 Å². The number of amides is 1. The van der Waals surface area contributed by atoms with Crippen LogP contribution in [-0.4, -0.2) is 62.0 Å². The highest BCUT2D eigenvalue weighted by atomic mass is 32.2. The molecule has 2 heterocycles. The Kier molecular flexibility index (Phi) is 8.88. The fourth-order valence-electron chi connectivity index (χ4n) is 4.31. The van der Waals surface area contributed by atoms with Gasteiger partial charge < -0.3 is 19.1 Å². The predicted octanol–water partition coefficient (Wildman–Crippen LogP) is 5.80. The Morgan fingerprint density at radius 1 is 0.947 bits per heavy atom. The van der Waals surface area contributed by atoms with Crippen LogP contribution < -0.4 is 4.74 Å². The van der Waals surface area contributed by atoms with E-state index in [2.05, 4.69) is 0 Å². The maximum absolute atomic E-state index is 13.9. The summed E-state index contributed by atoms with van der Waals surface area (Å²) < 4.78 is 43.0. The number of benzene rings is 1. The van der Waals surface area contributed by atoms with Crippen LogP contribution in [0, 0.1) is 0 Å². The fraction of sp³-hybridized carbons (Fsp3) is 0.571. The van der Waals surface area contributed by atoms with E-state index in [9.17, 15) is 18.0 Å². The molecule has 3 rings (SSSR count). The van der Waals surface area contributed by atoms with E-state index >= 15 is 0 Å². The quantitative estimate of drug-likeness (QED) is 0.408. The zero-order valence-electron chi connectivity index (χ0n) is 23.3. The van der Waals surface area contributed by atoms with Gasteiger partial charge in [-0.1, -0.05) is 0 Å². The van der Waals surface area contributed by atoms with Crippen LogP contribution in [0.2, 0.25) is 0 Å². The number of carbonyl (C=O) groups is 2. The summed E-state index contributed by atoms with van der Waals surface area (Å²) in [5, 5.41) is 0. The number of nitrogens with zero attached hydrogens (tertiary/aromatic N) is 1. The van der Waals surface area contributed by atoms with Crippen molar-refractivity contribution in [1.82, 2.24) is 4.90 Å². The Balaban J connectivity index is 2.01. The van der Waals surface area contributed by atoms with E-state index < -0.39 is 37.8 Å². The first-order chi connectivity index (χ1) is 17.6. The van der Waals surface area contributed by atoms with Gasteiger partial charge in [0.2, 0.25) is 0 Å². The lowest BCUT2D eigenvalue weighted by atomic mass is 9.97. The van der Waals surface area contributed by atoms with Gasteiger partial charge in [0.15, 0.2) is 9.84 Å². The van der Waals surface area contributed by atoms with Crippen LogP contribution >= 0.6 is 11.3 Å². The van der Waals surface area contributed by atoms with Crippen LogP contribution in [0.1, 0.15) is 66.2 Å². The lowest BCUT2D eigenvalue weighted by Gasteiger charge is -2.32. The highest BCUT2D eigenvalue weighted by Gasteiger charge is 2.51. The largest absolute Gasteiger partial charge is 0.494 e. The Morgan fingerprint density at radius 2 is 1.58 bits per heavy atom. The summed E-state index contributed by atoms with van der Waals surface area (Å²) in [5.74, 6) is -0.128. The number of rotatable bonds is 6. The molecule has 8 nitrogen and oxygen atoms in total. The van der Waals surface area contributed by atoms with Crippen LogP contribution in [0.5, 0.6) is 5.75 Å². The second-order valence-corrected chi connectivity index (χ2v) is 14.9. The SMILES string of the molecule is CCOc1ccc(-c2ccc(C3(CC(=O)OC(C)(C)C)CCN(C(=O)OC(C)(C)C)CCS3(=O)=O)s2)cc1. The zero-order chi connectivity index (χ0) is 28.4. The molecule has 1 amide bonds. The fourth-order valence-corrected chi connectivity index (χ4v) is 7.91. The Morgan fingerprint density at radius 3 is 2.16 bits per heavy atom. The number of sulfone groups is 1. The molecular weight excluding hydrogens is 526 g/mol. The molecular formula is C28H39NO7S2. The number of ether oxygens (including phenoxy) is 3. The molecule has 0 radical (unpaired) electrons. The first-order valence-corrected chi connectivity index (χ1v) is 15.3. The molecule has 0 spiro atoms. The summed E-state index contributed by atoms with van der Waals surface area (Å²) in [6.45, 7) is 13.1. The van der Waals surface area contributed by atoms with Crippen molar-refractivity contribution >= 4 is 33.2 Å². The van der Waals surface area contributed by atoms with Crippen molar-refractivity contribution < 1.29 is 32.2 Å². The minimum Gasteiger partial charge on any atom is -0.494 e. The second-order valence-electron chi connectivity index (χ2n) is 11.4. The summed E-state index contributed by atoms with van der Waals surface area (Å²) in [4.78, 5) is 28.7. The van der Waals surface area contributed by atoms with Crippen molar-refractivity contribution in [3.05, 3.63) is 41.3 Å². The third-order valence-corrected chi connectivity index (χ3v) is 9.96. The van der Waals surface area contributed by atoms with E-state index in [1.165, 1.54) is 16.2 Å². The molecule has 0 N–H and O–H groups in total. The molecule has 38 heavy (non-hydrogen) atoms. The van der Waals surface area contributed by atoms with E-state index in [1.807, 2.05) is 37.3 Å². The number of esters is 1. The van der Waals surface area contributed by atoms with Crippen LogP contribution in [0.15, 0.2) is 36.4 Å². The zero-order valence-corrected chi connectivity index (χ0v) is 25.0. The van der Waals surface area contributed by atoms with Gasteiger partial charge in [-0.25, -0.2) is 13.2 Å². The molecule has 1 aromatic carbocycles. The maximum Gasteiger partial charge on any atom is 0.410 e. The molecule has 1 unspecified atom stereocenters. The third-order valence-electron chi connectivity index (χ3n) is 6.02. The third kappa shape index (κ3) is 7.28. The van der Waals surface area contributed by atoms with Crippen LogP contribution in [0.25, 0.3) is 10.4 Å². The van der Waals surface area contributed by atoms with Crippen molar-refractivity contribution in [2.24, 2.45) is 0 Å². The molecule has 0 saturated carbocycles. The van der Waals surface area contributed by atoms with E-state index in [0.717, 1.165) is 16.2 Å². The summed E-state index contributed by atoms with van der Waals surface area (Å²) in [6.07, 6.45) is -0.850. The molecule has 2 aromatic rings. The average molecular weight is 566 g/mol. The molecule has 0 aliphatic carbocycles. The minimum absolute atomic E-state index is 0.00949. The normalized spacial score (nSPS) is 19.9. The van der Waals surface area contributed by atoms with Crippen molar-refractivity contribution in [3.8, 4) is 16.2 Å². The molecule has 1 aliphatic heterocycles. The lowest BCUT2D eigenvalue weighted by molar-refractivity contribution is -0.155. The van der Waals surface area contributed by atoms with Gasteiger partial charge >= 0.3 is 12.1 Å². The van der Waals surface area contributed by atoms with Gasteiger partial charge in [-0.3, -0.25) is 4.79 Å². The van der Waals surface area contributed by atoms with Crippen LogP contribution in [-0.2, 0) is 28.9 Å². The molecule has 10 heteroatoms. The van der Waals surface area contributed by atoms with Crippen LogP contribution in [0.3, 0.4) is 0 Å². The summed E-state index contributed by atoms with van der Waals surface area (Å²) in [5.41, 5.74) is -0.562.